The second-order valence-corrected chi connectivity index (χ2v) is 5.63. The van der Waals surface area contributed by atoms with Gasteiger partial charge in [-0.15, -0.1) is 0 Å². The molecule has 3 aromatic rings. The van der Waals surface area contributed by atoms with Crippen LogP contribution in [0.25, 0.3) is 10.9 Å². The molecule has 2 heteroatoms. The van der Waals surface area contributed by atoms with Gasteiger partial charge in [-0.1, -0.05) is 60.7 Å². The van der Waals surface area contributed by atoms with Crippen molar-refractivity contribution in [2.24, 2.45) is 0 Å². The molecule has 0 bridgehead atoms. The zero-order chi connectivity index (χ0) is 14.1. The zero-order valence-corrected chi connectivity index (χ0v) is 12.6. The summed E-state index contributed by atoms with van der Waals surface area (Å²) >= 11 is 5.72. The first kappa shape index (κ1) is 13.1. The minimum Gasteiger partial charge on any atom is -0.358 e. The molecule has 1 heterocycles. The number of benzene rings is 2. The van der Waals surface area contributed by atoms with Gasteiger partial charge in [-0.3, -0.25) is 0 Å². The number of para-hydroxylation sites is 1. The van der Waals surface area contributed by atoms with Crippen LogP contribution in [0.1, 0.15) is 22.4 Å². The number of aromatic amines is 1. The zero-order valence-electron chi connectivity index (χ0n) is 11.7. The van der Waals surface area contributed by atoms with Crippen molar-refractivity contribution in [3.05, 3.63) is 75.4 Å². The van der Waals surface area contributed by atoms with Crippen molar-refractivity contribution in [2.75, 3.05) is 0 Å². The molecule has 0 atom stereocenters. The van der Waals surface area contributed by atoms with Crippen molar-refractivity contribution in [2.45, 2.75) is 20.3 Å². The van der Waals surface area contributed by atoms with E-state index in [0.29, 0.717) is 0 Å². The summed E-state index contributed by atoms with van der Waals surface area (Å²) in [6, 6.07) is 16.8. The number of aryl methyl sites for hydroxylation is 2. The van der Waals surface area contributed by atoms with Crippen LogP contribution in [0, 0.1) is 18.4 Å². The van der Waals surface area contributed by atoms with Gasteiger partial charge in [0.1, 0.15) is 0 Å². The topological polar surface area (TPSA) is 15.8 Å². The lowest BCUT2D eigenvalue weighted by atomic mass is 10.0. The quantitative estimate of drug-likeness (QED) is 0.645. The minimum absolute atomic E-state index is 0.881. The fourth-order valence-electron chi connectivity index (χ4n) is 2.63. The predicted molar refractivity (Wildman–Crippen MR) is 87.9 cm³/mol. The lowest BCUT2D eigenvalue weighted by molar-refractivity contribution is 1.09. The molecule has 0 spiro atoms. The first-order valence-corrected chi connectivity index (χ1v) is 7.22. The van der Waals surface area contributed by atoms with E-state index in [1.807, 2.05) is 6.07 Å². The first-order valence-electron chi connectivity index (χ1n) is 6.82. The van der Waals surface area contributed by atoms with E-state index in [1.165, 1.54) is 22.4 Å². The van der Waals surface area contributed by atoms with Crippen LogP contribution in [-0.2, 0) is 6.42 Å². The summed E-state index contributed by atoms with van der Waals surface area (Å²) < 4.78 is 0.976. The van der Waals surface area contributed by atoms with Gasteiger partial charge in [-0.2, -0.15) is 0 Å². The van der Waals surface area contributed by atoms with Crippen molar-refractivity contribution in [3.63, 3.8) is 0 Å². The van der Waals surface area contributed by atoms with Crippen LogP contribution >= 0.6 is 12.2 Å². The molecule has 1 N–H and O–H groups in total. The molecule has 1 nitrogen and oxygen atoms in total. The van der Waals surface area contributed by atoms with Gasteiger partial charge < -0.3 is 4.98 Å². The lowest BCUT2D eigenvalue weighted by Gasteiger charge is -2.11. The molecule has 0 fully saturated rings. The Balaban J connectivity index is 2.20. The molecule has 2 aromatic carbocycles. The lowest BCUT2D eigenvalue weighted by Crippen LogP contribution is -1.98. The Hall–Kier alpha value is -1.93. The van der Waals surface area contributed by atoms with E-state index >= 15 is 0 Å². The van der Waals surface area contributed by atoms with E-state index in [9.17, 15) is 0 Å². The molecular weight excluding hydrogens is 262 g/mol. The van der Waals surface area contributed by atoms with Gasteiger partial charge in [-0.25, -0.2) is 0 Å². The molecule has 0 radical (unpaired) electrons. The number of pyridine rings is 1. The molecule has 0 aliphatic heterocycles. The fraction of sp³-hybridized carbons (Fsp3) is 0.167. The maximum absolute atomic E-state index is 5.72. The highest BCUT2D eigenvalue weighted by Gasteiger charge is 2.08. The van der Waals surface area contributed by atoms with Gasteiger partial charge >= 0.3 is 0 Å². The molecule has 0 aliphatic rings. The number of nitrogens with one attached hydrogen (secondary N) is 1. The number of aromatic nitrogens is 1. The monoisotopic (exact) mass is 279 g/mol. The van der Waals surface area contributed by atoms with Crippen LogP contribution in [0.4, 0.5) is 0 Å². The second-order valence-electron chi connectivity index (χ2n) is 5.22. The maximum atomic E-state index is 5.72. The third kappa shape index (κ3) is 2.27. The van der Waals surface area contributed by atoms with Crippen LogP contribution in [0.2, 0.25) is 0 Å². The molecule has 0 saturated heterocycles. The SMILES string of the molecule is Cc1[nH]c2c(C)cccc2c(=S)c1Cc1ccccc1. The molecule has 1 aromatic heterocycles. The molecule has 0 aliphatic carbocycles. The van der Waals surface area contributed by atoms with Crippen molar-refractivity contribution >= 4 is 23.1 Å². The fourth-order valence-corrected chi connectivity index (χ4v) is 3.03. The maximum Gasteiger partial charge on any atom is 0.0523 e. The molecule has 0 unspecified atom stereocenters. The summed E-state index contributed by atoms with van der Waals surface area (Å²) in [5.41, 5.74) is 6.09. The minimum atomic E-state index is 0.881. The van der Waals surface area contributed by atoms with Crippen molar-refractivity contribution in [3.8, 4) is 0 Å². The van der Waals surface area contributed by atoms with Gasteiger partial charge in [0.15, 0.2) is 0 Å². The average molecular weight is 279 g/mol. The van der Waals surface area contributed by atoms with E-state index in [1.54, 1.807) is 0 Å². The molecule has 0 saturated carbocycles. The number of rotatable bonds is 2. The van der Waals surface area contributed by atoms with Gasteiger partial charge in [0, 0.05) is 23.0 Å². The Bertz CT molecular complexity index is 816. The second kappa shape index (κ2) is 5.22. The van der Waals surface area contributed by atoms with Crippen LogP contribution < -0.4 is 0 Å². The van der Waals surface area contributed by atoms with E-state index in [2.05, 4.69) is 61.3 Å². The van der Waals surface area contributed by atoms with Gasteiger partial charge in [-0.05, 0) is 30.5 Å². The van der Waals surface area contributed by atoms with Gasteiger partial charge in [0.25, 0.3) is 0 Å². The Kier molecular flexibility index (Phi) is 3.41. The van der Waals surface area contributed by atoms with E-state index in [0.717, 1.165) is 21.8 Å². The van der Waals surface area contributed by atoms with Crippen LogP contribution in [0.5, 0.6) is 0 Å². The van der Waals surface area contributed by atoms with E-state index in [4.69, 9.17) is 12.2 Å². The van der Waals surface area contributed by atoms with Crippen molar-refractivity contribution in [1.29, 1.82) is 0 Å². The highest BCUT2D eigenvalue weighted by atomic mass is 32.1. The Morgan fingerprint density at radius 1 is 0.950 bits per heavy atom. The molecule has 0 amide bonds. The largest absolute Gasteiger partial charge is 0.358 e. The molecular formula is C18H17NS. The summed E-state index contributed by atoms with van der Waals surface area (Å²) in [7, 11) is 0. The number of hydrogen-bond donors (Lipinski definition) is 1. The summed E-state index contributed by atoms with van der Waals surface area (Å²) in [5.74, 6) is 0. The standard InChI is InChI=1S/C18H17NS/c1-12-7-6-10-15-17(12)19-13(2)16(18(15)20)11-14-8-4-3-5-9-14/h3-10H,11H2,1-2H3,(H,19,20). The number of hydrogen-bond acceptors (Lipinski definition) is 1. The summed E-state index contributed by atoms with van der Waals surface area (Å²) in [6.07, 6.45) is 0.881. The van der Waals surface area contributed by atoms with Crippen molar-refractivity contribution in [1.82, 2.24) is 4.98 Å². The Morgan fingerprint density at radius 3 is 2.45 bits per heavy atom. The highest BCUT2D eigenvalue weighted by Crippen LogP contribution is 2.23. The van der Waals surface area contributed by atoms with Crippen LogP contribution in [0.15, 0.2) is 48.5 Å². The normalized spacial score (nSPS) is 10.9. The molecule has 3 rings (SSSR count). The smallest absolute Gasteiger partial charge is 0.0523 e. The average Bonchev–Trinajstić information content (AvgIpc) is 2.46. The summed E-state index contributed by atoms with van der Waals surface area (Å²) in [5, 5.41) is 1.15. The predicted octanol–water partition coefficient (Wildman–Crippen LogP) is 5.11. The first-order chi connectivity index (χ1) is 9.66. The van der Waals surface area contributed by atoms with Crippen LogP contribution in [0.3, 0.4) is 0 Å². The Labute approximate surface area is 124 Å². The van der Waals surface area contributed by atoms with Crippen molar-refractivity contribution < 1.29 is 0 Å². The Morgan fingerprint density at radius 2 is 1.70 bits per heavy atom. The molecule has 20 heavy (non-hydrogen) atoms. The summed E-state index contributed by atoms with van der Waals surface area (Å²) in [4.78, 5) is 3.52. The highest BCUT2D eigenvalue weighted by molar-refractivity contribution is 7.71. The van der Waals surface area contributed by atoms with Crippen LogP contribution in [-0.4, -0.2) is 4.98 Å². The molecule has 100 valence electrons. The third-order valence-electron chi connectivity index (χ3n) is 3.78. The van der Waals surface area contributed by atoms with E-state index in [-0.39, 0.29) is 0 Å². The number of fused-ring (bicyclic) bond motifs is 1. The summed E-state index contributed by atoms with van der Waals surface area (Å²) in [6.45, 7) is 4.23. The van der Waals surface area contributed by atoms with Gasteiger partial charge in [0.2, 0.25) is 0 Å². The number of H-pyrrole nitrogens is 1. The third-order valence-corrected chi connectivity index (χ3v) is 4.25. The van der Waals surface area contributed by atoms with Gasteiger partial charge in [0.05, 0.1) is 4.51 Å². The van der Waals surface area contributed by atoms with E-state index < -0.39 is 0 Å².